The summed E-state index contributed by atoms with van der Waals surface area (Å²) in [4.78, 5) is 25.0. The first-order valence-electron chi connectivity index (χ1n) is 9.54. The van der Waals surface area contributed by atoms with Gasteiger partial charge in [-0.15, -0.1) is 11.3 Å². The van der Waals surface area contributed by atoms with Crippen LogP contribution in [-0.4, -0.2) is 44.2 Å². The van der Waals surface area contributed by atoms with E-state index in [9.17, 15) is 18.0 Å². The molecule has 1 aromatic heterocycles. The molecule has 0 spiro atoms. The molecule has 1 fully saturated rings. The van der Waals surface area contributed by atoms with Crippen molar-refractivity contribution in [2.24, 2.45) is 5.92 Å². The molecule has 0 unspecified atom stereocenters. The van der Waals surface area contributed by atoms with Crippen LogP contribution in [0.1, 0.15) is 24.6 Å². The van der Waals surface area contributed by atoms with Crippen LogP contribution in [0.15, 0.2) is 46.7 Å². The standard InChI is InChI=1S/C20H25N3O4S2/c1-15(24)22-17-6-8-19(9-7-17)29(26,27)23-12-2-4-16(14-23)20(25)21-11-10-18-5-3-13-28-18/h3,5-9,13,16H,2,4,10-12,14H2,1H3,(H,21,25)(H,22,24)/t16-/m0/s1. The van der Waals surface area contributed by atoms with Crippen LogP contribution in [0.25, 0.3) is 0 Å². The molecule has 0 bridgehead atoms. The lowest BCUT2D eigenvalue weighted by Gasteiger charge is -2.31. The summed E-state index contributed by atoms with van der Waals surface area (Å²) < 4.78 is 27.3. The van der Waals surface area contributed by atoms with E-state index in [1.54, 1.807) is 23.5 Å². The molecule has 1 saturated heterocycles. The Labute approximate surface area is 175 Å². The van der Waals surface area contributed by atoms with E-state index in [1.807, 2.05) is 17.5 Å². The highest BCUT2D eigenvalue weighted by Crippen LogP contribution is 2.25. The topological polar surface area (TPSA) is 95.6 Å². The van der Waals surface area contributed by atoms with Crippen molar-refractivity contribution >= 4 is 38.9 Å². The zero-order chi connectivity index (χ0) is 20.9. The molecule has 0 saturated carbocycles. The minimum absolute atomic E-state index is 0.0949. The van der Waals surface area contributed by atoms with Crippen LogP contribution in [0.3, 0.4) is 0 Å². The first-order valence-corrected chi connectivity index (χ1v) is 11.9. The minimum Gasteiger partial charge on any atom is -0.355 e. The van der Waals surface area contributed by atoms with Gasteiger partial charge in [0.2, 0.25) is 21.8 Å². The molecule has 156 valence electrons. The maximum Gasteiger partial charge on any atom is 0.243 e. The monoisotopic (exact) mass is 435 g/mol. The van der Waals surface area contributed by atoms with E-state index in [1.165, 1.54) is 28.2 Å². The van der Waals surface area contributed by atoms with Gasteiger partial charge in [-0.3, -0.25) is 9.59 Å². The van der Waals surface area contributed by atoms with Crippen LogP contribution < -0.4 is 10.6 Å². The van der Waals surface area contributed by atoms with Crippen molar-refractivity contribution in [3.05, 3.63) is 46.7 Å². The molecule has 0 radical (unpaired) electrons. The van der Waals surface area contributed by atoms with E-state index in [0.29, 0.717) is 31.6 Å². The van der Waals surface area contributed by atoms with Gasteiger partial charge in [-0.25, -0.2) is 8.42 Å². The molecule has 0 aliphatic carbocycles. The van der Waals surface area contributed by atoms with E-state index >= 15 is 0 Å². The number of hydrogen-bond donors (Lipinski definition) is 2. The molecule has 2 aromatic rings. The van der Waals surface area contributed by atoms with Crippen molar-refractivity contribution in [2.75, 3.05) is 25.0 Å². The molecule has 1 aliphatic rings. The Bertz CT molecular complexity index is 941. The third kappa shape index (κ3) is 5.65. The zero-order valence-electron chi connectivity index (χ0n) is 16.3. The molecule has 1 aliphatic heterocycles. The van der Waals surface area contributed by atoms with Gasteiger partial charge in [-0.2, -0.15) is 4.31 Å². The van der Waals surface area contributed by atoms with Gasteiger partial charge in [-0.1, -0.05) is 6.07 Å². The van der Waals surface area contributed by atoms with E-state index < -0.39 is 10.0 Å². The summed E-state index contributed by atoms with van der Waals surface area (Å²) in [5, 5.41) is 7.55. The maximum absolute atomic E-state index is 13.0. The maximum atomic E-state index is 13.0. The van der Waals surface area contributed by atoms with Crippen LogP contribution in [-0.2, 0) is 26.0 Å². The number of thiophene rings is 1. The van der Waals surface area contributed by atoms with Crippen molar-refractivity contribution in [1.82, 2.24) is 9.62 Å². The number of anilines is 1. The SMILES string of the molecule is CC(=O)Nc1ccc(S(=O)(=O)N2CCC[C@H](C(=O)NCCc3cccs3)C2)cc1. The van der Waals surface area contributed by atoms with Crippen molar-refractivity contribution in [3.63, 3.8) is 0 Å². The number of nitrogens with one attached hydrogen (secondary N) is 2. The fraction of sp³-hybridized carbons (Fsp3) is 0.400. The van der Waals surface area contributed by atoms with Crippen molar-refractivity contribution in [1.29, 1.82) is 0 Å². The Kier molecular flexibility index (Phi) is 7.05. The largest absolute Gasteiger partial charge is 0.355 e. The van der Waals surface area contributed by atoms with Gasteiger partial charge in [0, 0.05) is 37.1 Å². The molecule has 29 heavy (non-hydrogen) atoms. The molecule has 1 atom stereocenters. The van der Waals surface area contributed by atoms with Gasteiger partial charge >= 0.3 is 0 Å². The Hall–Kier alpha value is -2.23. The molecule has 2 N–H and O–H groups in total. The van der Waals surface area contributed by atoms with Gasteiger partial charge in [-0.05, 0) is 55.0 Å². The van der Waals surface area contributed by atoms with Crippen LogP contribution >= 0.6 is 11.3 Å². The fourth-order valence-corrected chi connectivity index (χ4v) is 5.58. The Morgan fingerprint density at radius 2 is 1.97 bits per heavy atom. The van der Waals surface area contributed by atoms with Crippen LogP contribution in [0.4, 0.5) is 5.69 Å². The number of sulfonamides is 1. The molecule has 2 amide bonds. The lowest BCUT2D eigenvalue weighted by molar-refractivity contribution is -0.126. The normalized spacial score (nSPS) is 17.6. The van der Waals surface area contributed by atoms with E-state index in [-0.39, 0.29) is 29.2 Å². The first kappa shape index (κ1) is 21.5. The summed E-state index contributed by atoms with van der Waals surface area (Å²) in [6.07, 6.45) is 2.10. The molecule has 2 heterocycles. The average molecular weight is 436 g/mol. The summed E-state index contributed by atoms with van der Waals surface area (Å²) in [5.41, 5.74) is 0.540. The van der Waals surface area contributed by atoms with E-state index in [4.69, 9.17) is 0 Å². The van der Waals surface area contributed by atoms with Gasteiger partial charge in [0.05, 0.1) is 10.8 Å². The number of hydrogen-bond acceptors (Lipinski definition) is 5. The third-order valence-corrected chi connectivity index (χ3v) is 7.63. The van der Waals surface area contributed by atoms with Crippen LogP contribution in [0.5, 0.6) is 0 Å². The average Bonchev–Trinajstić information content (AvgIpc) is 3.21. The number of piperidine rings is 1. The highest BCUT2D eigenvalue weighted by molar-refractivity contribution is 7.89. The predicted molar refractivity (Wildman–Crippen MR) is 113 cm³/mol. The molecular weight excluding hydrogens is 410 g/mol. The number of rotatable bonds is 7. The second-order valence-corrected chi connectivity index (χ2v) is 10.00. The third-order valence-electron chi connectivity index (χ3n) is 4.82. The van der Waals surface area contributed by atoms with Gasteiger partial charge < -0.3 is 10.6 Å². The highest BCUT2D eigenvalue weighted by Gasteiger charge is 2.33. The van der Waals surface area contributed by atoms with Crippen LogP contribution in [0, 0.1) is 5.92 Å². The molecule has 9 heteroatoms. The highest BCUT2D eigenvalue weighted by atomic mass is 32.2. The van der Waals surface area contributed by atoms with Gasteiger partial charge in [0.15, 0.2) is 0 Å². The molecule has 7 nitrogen and oxygen atoms in total. The van der Waals surface area contributed by atoms with E-state index in [0.717, 1.165) is 6.42 Å². The smallest absolute Gasteiger partial charge is 0.243 e. The predicted octanol–water partition coefficient (Wildman–Crippen LogP) is 2.47. The molecular formula is C20H25N3O4S2. The lowest BCUT2D eigenvalue weighted by Crippen LogP contribution is -2.45. The Morgan fingerprint density at radius 3 is 2.62 bits per heavy atom. The van der Waals surface area contributed by atoms with Gasteiger partial charge in [0.1, 0.15) is 0 Å². The lowest BCUT2D eigenvalue weighted by atomic mass is 9.99. The number of benzene rings is 1. The number of nitrogens with zero attached hydrogens (tertiary/aromatic N) is 1. The van der Waals surface area contributed by atoms with Gasteiger partial charge in [0.25, 0.3) is 0 Å². The number of carbonyl (C=O) groups is 2. The summed E-state index contributed by atoms with van der Waals surface area (Å²) in [6, 6.07) is 10.1. The first-order chi connectivity index (χ1) is 13.9. The summed E-state index contributed by atoms with van der Waals surface area (Å²) in [7, 11) is -3.69. The Balaban J connectivity index is 1.59. The minimum atomic E-state index is -3.69. The molecule has 1 aromatic carbocycles. The Morgan fingerprint density at radius 1 is 1.21 bits per heavy atom. The fourth-order valence-electron chi connectivity index (χ4n) is 3.35. The van der Waals surface area contributed by atoms with E-state index in [2.05, 4.69) is 10.6 Å². The van der Waals surface area contributed by atoms with Crippen molar-refractivity contribution in [3.8, 4) is 0 Å². The van der Waals surface area contributed by atoms with Crippen molar-refractivity contribution < 1.29 is 18.0 Å². The second kappa shape index (κ2) is 9.51. The number of amides is 2. The summed E-state index contributed by atoms with van der Waals surface area (Å²) in [6.45, 7) is 2.52. The number of carbonyl (C=O) groups excluding carboxylic acids is 2. The van der Waals surface area contributed by atoms with Crippen LogP contribution in [0.2, 0.25) is 0 Å². The quantitative estimate of drug-likeness (QED) is 0.698. The van der Waals surface area contributed by atoms with Crippen molar-refractivity contribution in [2.45, 2.75) is 31.1 Å². The summed E-state index contributed by atoms with van der Waals surface area (Å²) >= 11 is 1.65. The summed E-state index contributed by atoms with van der Waals surface area (Å²) in [5.74, 6) is -0.660. The second-order valence-electron chi connectivity index (χ2n) is 7.03. The zero-order valence-corrected chi connectivity index (χ0v) is 17.9. The molecule has 3 rings (SSSR count).